The molecular weight excluding hydrogens is 395 g/mol. The van der Waals surface area contributed by atoms with Gasteiger partial charge in [-0.05, 0) is 49.8 Å². The van der Waals surface area contributed by atoms with E-state index < -0.39 is 18.6 Å². The molecule has 0 spiro atoms. The Balaban J connectivity index is 0.00000280. The van der Waals surface area contributed by atoms with Crippen LogP contribution in [0.15, 0.2) is 18.2 Å². The molecule has 2 amide bonds. The molecule has 3 unspecified atom stereocenters. The van der Waals surface area contributed by atoms with E-state index in [4.69, 9.17) is 0 Å². The Morgan fingerprint density at radius 2 is 1.93 bits per heavy atom. The van der Waals surface area contributed by atoms with E-state index >= 15 is 0 Å². The molecule has 3 rings (SSSR count). The average molecular weight is 420 g/mol. The predicted octanol–water partition coefficient (Wildman–Crippen LogP) is 3.57. The van der Waals surface area contributed by atoms with Gasteiger partial charge < -0.3 is 16.0 Å². The number of hydrogen-bond donors (Lipinski definition) is 3. The maximum Gasteiger partial charge on any atom is 0.405 e. The second kappa shape index (κ2) is 9.13. The van der Waals surface area contributed by atoms with Gasteiger partial charge in [-0.15, -0.1) is 12.4 Å². The van der Waals surface area contributed by atoms with Crippen LogP contribution in [0.2, 0.25) is 0 Å². The summed E-state index contributed by atoms with van der Waals surface area (Å²) < 4.78 is 36.8. The van der Waals surface area contributed by atoms with E-state index in [1.807, 2.05) is 5.32 Å². The van der Waals surface area contributed by atoms with Gasteiger partial charge in [0.05, 0.1) is 6.04 Å². The fourth-order valence-corrected chi connectivity index (χ4v) is 3.92. The normalized spacial score (nSPS) is 24.1. The molecule has 3 N–H and O–H groups in total. The first-order valence-electron chi connectivity index (χ1n) is 9.25. The summed E-state index contributed by atoms with van der Waals surface area (Å²) in [6, 6.07) is 4.58. The van der Waals surface area contributed by atoms with Gasteiger partial charge in [-0.25, -0.2) is 0 Å². The quantitative estimate of drug-likeness (QED) is 0.698. The van der Waals surface area contributed by atoms with Crippen LogP contribution in [-0.4, -0.2) is 36.6 Å². The van der Waals surface area contributed by atoms with E-state index in [1.54, 1.807) is 13.0 Å². The zero-order chi connectivity index (χ0) is 19.6. The molecular formula is C19H25ClF3N3O2. The molecule has 0 bridgehead atoms. The molecule has 9 heteroatoms. The fraction of sp³-hybridized carbons (Fsp3) is 0.579. The smallest absolute Gasteiger partial charge is 0.343 e. The van der Waals surface area contributed by atoms with E-state index in [0.717, 1.165) is 24.8 Å². The monoisotopic (exact) mass is 419 g/mol. The number of carbonyl (C=O) groups excluding carboxylic acids is 2. The minimum Gasteiger partial charge on any atom is -0.343 e. The maximum absolute atomic E-state index is 12.6. The molecule has 1 heterocycles. The van der Waals surface area contributed by atoms with Gasteiger partial charge in [-0.1, -0.05) is 18.9 Å². The first kappa shape index (κ1) is 22.5. The summed E-state index contributed by atoms with van der Waals surface area (Å²) in [4.78, 5) is 24.6. The van der Waals surface area contributed by atoms with E-state index in [2.05, 4.69) is 10.6 Å². The molecule has 1 aromatic rings. The maximum atomic E-state index is 12.6. The number of halogens is 4. The summed E-state index contributed by atoms with van der Waals surface area (Å²) in [5, 5.41) is 8.05. The van der Waals surface area contributed by atoms with Crippen LogP contribution in [0, 0.1) is 12.8 Å². The lowest BCUT2D eigenvalue weighted by atomic mass is 9.85. The van der Waals surface area contributed by atoms with E-state index in [-0.39, 0.29) is 29.9 Å². The van der Waals surface area contributed by atoms with Crippen LogP contribution in [0.25, 0.3) is 0 Å². The Labute approximate surface area is 168 Å². The topological polar surface area (TPSA) is 70.2 Å². The Bertz CT molecular complexity index is 713. The first-order valence-corrected chi connectivity index (χ1v) is 9.25. The van der Waals surface area contributed by atoms with Gasteiger partial charge in [0.15, 0.2) is 0 Å². The van der Waals surface area contributed by atoms with Crippen molar-refractivity contribution in [2.75, 3.05) is 11.9 Å². The van der Waals surface area contributed by atoms with Crippen molar-refractivity contribution in [2.24, 2.45) is 5.92 Å². The van der Waals surface area contributed by atoms with Crippen LogP contribution in [-0.2, 0) is 4.79 Å². The molecule has 156 valence electrons. The van der Waals surface area contributed by atoms with Gasteiger partial charge >= 0.3 is 6.18 Å². The van der Waals surface area contributed by atoms with Gasteiger partial charge in [0.25, 0.3) is 5.91 Å². The van der Waals surface area contributed by atoms with Crippen LogP contribution < -0.4 is 16.0 Å². The summed E-state index contributed by atoms with van der Waals surface area (Å²) in [6.45, 7) is 0.380. The number of nitrogens with one attached hydrogen (secondary N) is 3. The minimum atomic E-state index is -4.47. The molecule has 1 aromatic carbocycles. The molecule has 1 aliphatic carbocycles. The number of aryl methyl sites for hydroxylation is 1. The fourth-order valence-electron chi connectivity index (χ4n) is 3.92. The number of rotatable bonds is 4. The largest absolute Gasteiger partial charge is 0.405 e. The summed E-state index contributed by atoms with van der Waals surface area (Å²) >= 11 is 0. The number of hydrogen-bond acceptors (Lipinski definition) is 3. The molecule has 28 heavy (non-hydrogen) atoms. The standard InChI is InChI=1S/C19H24F3N3O2.ClH/c1-11-6-7-13(17(26)23-10-19(20,21)22)9-15(11)25-18(27)16-8-12-4-2-3-5-14(12)24-16;/h6-7,9,12,14,16,24H,2-5,8,10H2,1H3,(H,23,26)(H,25,27);1H. The molecule has 0 radical (unpaired) electrons. The van der Waals surface area contributed by atoms with Gasteiger partial charge in [-0.3, -0.25) is 9.59 Å². The average Bonchev–Trinajstić information content (AvgIpc) is 3.05. The number of fused-ring (bicyclic) bond motifs is 1. The van der Waals surface area contributed by atoms with E-state index in [1.165, 1.54) is 25.0 Å². The van der Waals surface area contributed by atoms with Crippen molar-refractivity contribution in [1.29, 1.82) is 0 Å². The zero-order valence-electron chi connectivity index (χ0n) is 15.6. The van der Waals surface area contributed by atoms with Gasteiger partial charge in [0.1, 0.15) is 6.54 Å². The van der Waals surface area contributed by atoms with E-state index in [0.29, 0.717) is 17.6 Å². The molecule has 1 aliphatic heterocycles. The van der Waals surface area contributed by atoms with Crippen molar-refractivity contribution in [3.05, 3.63) is 29.3 Å². The highest BCUT2D eigenvalue weighted by molar-refractivity contribution is 5.99. The van der Waals surface area contributed by atoms with E-state index in [9.17, 15) is 22.8 Å². The van der Waals surface area contributed by atoms with Crippen molar-refractivity contribution < 1.29 is 22.8 Å². The second-order valence-corrected chi connectivity index (χ2v) is 7.42. The third-order valence-electron chi connectivity index (χ3n) is 5.39. The van der Waals surface area contributed by atoms with Crippen molar-refractivity contribution in [2.45, 2.75) is 57.3 Å². The second-order valence-electron chi connectivity index (χ2n) is 7.42. The van der Waals surface area contributed by atoms with Gasteiger partial charge in [-0.2, -0.15) is 13.2 Å². The zero-order valence-corrected chi connectivity index (χ0v) is 16.4. The highest BCUT2D eigenvalue weighted by Gasteiger charge is 2.38. The summed E-state index contributed by atoms with van der Waals surface area (Å²) in [6.07, 6.45) is 0.920. The van der Waals surface area contributed by atoms with Crippen molar-refractivity contribution in [3.8, 4) is 0 Å². The molecule has 0 aromatic heterocycles. The van der Waals surface area contributed by atoms with Crippen LogP contribution >= 0.6 is 12.4 Å². The number of benzene rings is 1. The molecule has 2 fully saturated rings. The van der Waals surface area contributed by atoms with Gasteiger partial charge in [0, 0.05) is 17.3 Å². The van der Waals surface area contributed by atoms with Crippen LogP contribution in [0.4, 0.5) is 18.9 Å². The predicted molar refractivity (Wildman–Crippen MR) is 103 cm³/mol. The minimum absolute atomic E-state index is 0. The summed E-state index contributed by atoms with van der Waals surface area (Å²) in [5.41, 5.74) is 1.26. The SMILES string of the molecule is Cc1ccc(C(=O)NCC(F)(F)F)cc1NC(=O)C1CC2CCCCC2N1.Cl. The highest BCUT2D eigenvalue weighted by atomic mass is 35.5. The number of amides is 2. The summed E-state index contributed by atoms with van der Waals surface area (Å²) in [5.74, 6) is -0.469. The molecule has 2 aliphatic rings. The van der Waals surface area contributed by atoms with Gasteiger partial charge in [0.2, 0.25) is 5.91 Å². The molecule has 1 saturated heterocycles. The van der Waals surface area contributed by atoms with Crippen molar-refractivity contribution in [3.63, 3.8) is 0 Å². The number of carbonyl (C=O) groups is 2. The van der Waals surface area contributed by atoms with Crippen molar-refractivity contribution >= 4 is 29.9 Å². The van der Waals surface area contributed by atoms with Crippen LogP contribution in [0.3, 0.4) is 0 Å². The summed E-state index contributed by atoms with van der Waals surface area (Å²) in [7, 11) is 0. The molecule has 1 saturated carbocycles. The molecule has 5 nitrogen and oxygen atoms in total. The lowest BCUT2D eigenvalue weighted by molar-refractivity contribution is -0.123. The number of alkyl halides is 3. The van der Waals surface area contributed by atoms with Crippen LogP contribution in [0.5, 0.6) is 0 Å². The Morgan fingerprint density at radius 1 is 1.21 bits per heavy atom. The Kier molecular flexibility index (Phi) is 7.33. The lowest BCUT2D eigenvalue weighted by Gasteiger charge is -2.24. The van der Waals surface area contributed by atoms with Crippen LogP contribution in [0.1, 0.15) is 48.0 Å². The number of anilines is 1. The highest BCUT2D eigenvalue weighted by Crippen LogP contribution is 2.33. The lowest BCUT2D eigenvalue weighted by Crippen LogP contribution is -2.40. The Morgan fingerprint density at radius 3 is 2.61 bits per heavy atom. The van der Waals surface area contributed by atoms with Crippen molar-refractivity contribution in [1.82, 2.24) is 10.6 Å². The first-order chi connectivity index (χ1) is 12.7. The third kappa shape index (κ3) is 5.61. The molecule has 3 atom stereocenters. The Hall–Kier alpha value is -1.80. The third-order valence-corrected chi connectivity index (χ3v) is 5.39.